The number of unbranched alkanes of at least 4 members (excludes halogenated alkanes) is 1. The minimum absolute atomic E-state index is 0.0180. The van der Waals surface area contributed by atoms with Crippen molar-refractivity contribution in [3.8, 4) is 0 Å². The van der Waals surface area contributed by atoms with Gasteiger partial charge >= 0.3 is 36.0 Å². The van der Waals surface area contributed by atoms with Gasteiger partial charge in [0.05, 0.1) is 25.0 Å². The van der Waals surface area contributed by atoms with Crippen molar-refractivity contribution in [3.05, 3.63) is 35.9 Å². The number of halogens is 3. The Balaban J connectivity index is 0.0000143. The quantitative estimate of drug-likeness (QED) is 0.0165. The molecule has 584 valence electrons. The number of guanidine groups is 1. The van der Waals surface area contributed by atoms with Gasteiger partial charge in [-0.05, 0) is 82.6 Å². The number of amides is 12. The van der Waals surface area contributed by atoms with Gasteiger partial charge in [-0.2, -0.15) is 13.2 Å². The Bertz CT molecular complexity index is 3160. The number of aliphatic hydroxyl groups is 1. The summed E-state index contributed by atoms with van der Waals surface area (Å²) in [7, 11) is 0. The number of nitrogens with two attached hydrogens (primary N) is 4. The standard InChI is InChI=1S/C60H96N16O21.C2HF3O2/c1-8-30(4)47(75-50(87)35(61)19-22-44(80)81)57(94)67-31(5)49(86)68-37(20-21-43(62)79)51(88)73-41(27-45(82)83)55(92)72-40(26-34-15-10-9-11-16-34)54(91)69-36(17-12-13-23-65-33(7)78)52(89)76-48(32(6)77)58(95)74-42(28-46(84)85)56(93)71-39(25-29(2)3)53(90)70-38(59(96)97)18-14-24-66-60(63)64;3-2(4,5)1(6)7/h9-11,15-16,29-32,35-42,47-48,77H,8,12-14,17-28,61H2,1-7H3,(H2,62,79)(H,65,78)(H,67,94)(H,68,86)(H,69,91)(H,70,90)(H,71,93)(H,72,92)(H,73,88)(H,74,95)(H,75,87)(H,76,89)(H,80,81)(H,82,83)(H,84,85)(H,96,97)(H4,63,64,66);(H,6,7)/t30-,31-,32+,35-,36-,37-,38-,39-,40-,41-,42-,47-,48-;/m0./s1. The maximum Gasteiger partial charge on any atom is 0.490 e. The zero-order valence-electron chi connectivity index (χ0n) is 58.3. The van der Waals surface area contributed by atoms with Crippen LogP contribution in [0.3, 0.4) is 0 Å². The third-order valence-corrected chi connectivity index (χ3v) is 14.9. The van der Waals surface area contributed by atoms with E-state index >= 15 is 0 Å². The van der Waals surface area contributed by atoms with Crippen LogP contribution < -0.4 is 81.4 Å². The Kier molecular flexibility index (Phi) is 42.5. The fourth-order valence-electron chi connectivity index (χ4n) is 9.17. The fourth-order valence-corrected chi connectivity index (χ4v) is 9.17. The maximum atomic E-state index is 14.6. The molecule has 0 saturated carbocycles. The van der Waals surface area contributed by atoms with Gasteiger partial charge in [0.2, 0.25) is 70.9 Å². The third kappa shape index (κ3) is 38.8. The minimum atomic E-state index is -5.08. The number of primary amides is 1. The van der Waals surface area contributed by atoms with Crippen LogP contribution in [-0.2, 0) is 87.9 Å². The van der Waals surface area contributed by atoms with Gasteiger partial charge in [0.25, 0.3) is 0 Å². The van der Waals surface area contributed by atoms with Crippen LogP contribution in [0.5, 0.6) is 0 Å². The van der Waals surface area contributed by atoms with Gasteiger partial charge < -0.3 is 112 Å². The molecular formula is C62H97F3N16O23. The molecule has 0 saturated heterocycles. The average molecular weight is 1490 g/mol. The zero-order chi connectivity index (χ0) is 79.9. The number of carboxylic acid groups (broad SMARTS) is 5. The van der Waals surface area contributed by atoms with Gasteiger partial charge in [-0.3, -0.25) is 76.9 Å². The number of nitrogens with zero attached hydrogens (tertiary/aromatic N) is 1. The number of hydrogen-bond acceptors (Lipinski definition) is 20. The van der Waals surface area contributed by atoms with Crippen molar-refractivity contribution in [2.45, 2.75) is 217 Å². The van der Waals surface area contributed by atoms with Gasteiger partial charge in [0.15, 0.2) is 5.96 Å². The number of nitrogens with one attached hydrogen (secondary N) is 11. The van der Waals surface area contributed by atoms with E-state index in [2.05, 4.69) is 63.5 Å². The van der Waals surface area contributed by atoms with E-state index in [9.17, 15) is 110 Å². The predicted molar refractivity (Wildman–Crippen MR) is 357 cm³/mol. The lowest BCUT2D eigenvalue weighted by atomic mass is 9.97. The molecule has 39 nitrogen and oxygen atoms in total. The highest BCUT2D eigenvalue weighted by Crippen LogP contribution is 2.15. The summed E-state index contributed by atoms with van der Waals surface area (Å²) in [6, 6.07) is -10.7. The number of alkyl halides is 3. The molecule has 0 aliphatic heterocycles. The largest absolute Gasteiger partial charge is 0.490 e. The molecule has 0 bridgehead atoms. The molecule has 0 aromatic heterocycles. The number of hydrogen-bond donors (Lipinski definition) is 21. The van der Waals surface area contributed by atoms with Crippen molar-refractivity contribution in [1.29, 1.82) is 0 Å². The molecule has 0 heterocycles. The van der Waals surface area contributed by atoms with E-state index in [0.717, 1.165) is 6.92 Å². The molecule has 0 aliphatic carbocycles. The van der Waals surface area contributed by atoms with Crippen LogP contribution in [0.1, 0.15) is 138 Å². The van der Waals surface area contributed by atoms with Crippen molar-refractivity contribution in [1.82, 2.24) is 58.5 Å². The highest BCUT2D eigenvalue weighted by atomic mass is 19.4. The van der Waals surface area contributed by atoms with E-state index in [1.165, 1.54) is 26.0 Å². The first-order chi connectivity index (χ1) is 48.3. The van der Waals surface area contributed by atoms with Crippen LogP contribution in [0, 0.1) is 11.8 Å². The van der Waals surface area contributed by atoms with Crippen LogP contribution in [-0.4, -0.2) is 229 Å². The van der Waals surface area contributed by atoms with Crippen molar-refractivity contribution in [2.75, 3.05) is 13.1 Å². The minimum Gasteiger partial charge on any atom is -0.481 e. The Morgan fingerprint density at radius 3 is 1.42 bits per heavy atom. The molecule has 0 unspecified atom stereocenters. The monoisotopic (exact) mass is 1490 g/mol. The van der Waals surface area contributed by atoms with Crippen molar-refractivity contribution in [3.63, 3.8) is 0 Å². The van der Waals surface area contributed by atoms with E-state index < -0.39 is 224 Å². The van der Waals surface area contributed by atoms with Crippen LogP contribution in [0.4, 0.5) is 13.2 Å². The second kappa shape index (κ2) is 47.4. The molecule has 1 rings (SSSR count). The Morgan fingerprint density at radius 1 is 0.500 bits per heavy atom. The molecule has 13 atom stereocenters. The average Bonchev–Trinajstić information content (AvgIpc) is 0.857. The number of rotatable bonds is 47. The van der Waals surface area contributed by atoms with Crippen molar-refractivity contribution < 1.29 is 125 Å². The molecule has 0 fully saturated rings. The number of benzene rings is 1. The Morgan fingerprint density at radius 2 is 0.942 bits per heavy atom. The Labute approximate surface area is 594 Å². The smallest absolute Gasteiger partial charge is 0.481 e. The first-order valence-electron chi connectivity index (χ1n) is 32.6. The fraction of sp³-hybridized carbons (Fsp3) is 0.613. The highest BCUT2D eigenvalue weighted by molar-refractivity contribution is 6.00. The third-order valence-electron chi connectivity index (χ3n) is 14.9. The summed E-state index contributed by atoms with van der Waals surface area (Å²) >= 11 is 0. The van der Waals surface area contributed by atoms with Crippen LogP contribution in [0.25, 0.3) is 0 Å². The summed E-state index contributed by atoms with van der Waals surface area (Å²) in [5.41, 5.74) is 22.2. The number of aliphatic carboxylic acids is 5. The normalized spacial score (nSPS) is 14.7. The maximum absolute atomic E-state index is 14.6. The number of carboxylic acids is 5. The second-order valence-electron chi connectivity index (χ2n) is 24.4. The molecular weight excluding hydrogens is 1390 g/mol. The van der Waals surface area contributed by atoms with Crippen LogP contribution in [0.15, 0.2) is 35.3 Å². The van der Waals surface area contributed by atoms with Gasteiger partial charge in [-0.1, -0.05) is 64.4 Å². The number of aliphatic hydroxyl groups excluding tert-OH is 1. The van der Waals surface area contributed by atoms with Gasteiger partial charge in [0, 0.05) is 39.3 Å². The Hall–Kier alpha value is -10.8. The summed E-state index contributed by atoms with van der Waals surface area (Å²) in [6.07, 6.45) is -11.4. The van der Waals surface area contributed by atoms with Crippen molar-refractivity contribution in [2.24, 2.45) is 39.8 Å². The number of carbonyl (C=O) groups is 17. The molecule has 0 radical (unpaired) electrons. The number of aliphatic imine (C=N–C) groups is 1. The molecule has 1 aromatic carbocycles. The van der Waals surface area contributed by atoms with E-state index in [-0.39, 0.29) is 69.9 Å². The number of carbonyl (C=O) groups excluding carboxylic acids is 12. The van der Waals surface area contributed by atoms with E-state index in [1.54, 1.807) is 45.9 Å². The highest BCUT2D eigenvalue weighted by Gasteiger charge is 2.40. The molecule has 104 heavy (non-hydrogen) atoms. The summed E-state index contributed by atoms with van der Waals surface area (Å²) in [4.78, 5) is 223. The van der Waals surface area contributed by atoms with Gasteiger partial charge in [0.1, 0.15) is 60.4 Å². The molecule has 1 aromatic rings. The van der Waals surface area contributed by atoms with E-state index in [0.29, 0.717) is 12.0 Å². The summed E-state index contributed by atoms with van der Waals surface area (Å²) in [5.74, 6) is -22.6. The molecule has 42 heteroatoms. The SMILES string of the molecule is CC[C@H](C)[C@H](NC(=O)[C@@H](N)CCC(=O)O)C(=O)N[C@@H](C)C(=O)N[C@@H](CCC(N)=O)C(=O)N[C@@H](CC(=O)O)C(=O)N[C@@H](Cc1ccccc1)C(=O)N[C@@H](CCCCNC(C)=O)C(=O)N[C@H](C(=O)N[C@@H](CC(=O)O)C(=O)N[C@@H](CC(C)C)C(=O)N[C@@H](CCCN=C(N)N)C(=O)O)[C@@H](C)O.O=C(O)C(F)(F)F. The van der Waals surface area contributed by atoms with Gasteiger partial charge in [-0.25, -0.2) is 9.59 Å². The lowest BCUT2D eigenvalue weighted by Crippen LogP contribution is -2.62. The summed E-state index contributed by atoms with van der Waals surface area (Å²) < 4.78 is 31.7. The lowest BCUT2D eigenvalue weighted by molar-refractivity contribution is -0.192. The second-order valence-corrected chi connectivity index (χ2v) is 24.4. The van der Waals surface area contributed by atoms with E-state index in [4.69, 9.17) is 37.9 Å². The lowest BCUT2D eigenvalue weighted by Gasteiger charge is -2.29. The predicted octanol–water partition coefficient (Wildman–Crippen LogP) is -4.95. The molecule has 12 amide bonds. The molecule has 25 N–H and O–H groups in total. The topological polar surface area (TPSA) is 660 Å². The first kappa shape index (κ1) is 93.2. The van der Waals surface area contributed by atoms with Crippen LogP contribution >= 0.6 is 0 Å². The summed E-state index contributed by atoms with van der Waals surface area (Å²) in [6.45, 7) is 10.2. The first-order valence-corrected chi connectivity index (χ1v) is 32.6. The van der Waals surface area contributed by atoms with Crippen molar-refractivity contribution >= 4 is 107 Å². The summed E-state index contributed by atoms with van der Waals surface area (Å²) in [5, 5.41) is 82.7. The van der Waals surface area contributed by atoms with Gasteiger partial charge in [-0.15, -0.1) is 0 Å². The zero-order valence-corrected chi connectivity index (χ0v) is 58.3. The molecule has 0 spiro atoms. The molecule has 0 aliphatic rings. The van der Waals surface area contributed by atoms with Crippen LogP contribution in [0.2, 0.25) is 0 Å². The van der Waals surface area contributed by atoms with E-state index in [1.807, 2.05) is 0 Å².